The van der Waals surface area contributed by atoms with Crippen molar-refractivity contribution < 1.29 is 14.3 Å². The molecule has 0 aliphatic carbocycles. The zero-order valence-corrected chi connectivity index (χ0v) is 18.9. The highest BCUT2D eigenvalue weighted by atomic mass is 35.5. The van der Waals surface area contributed by atoms with Crippen LogP contribution in [0, 0.1) is 10.8 Å². The Morgan fingerprint density at radius 1 is 1.00 bits per heavy atom. The number of imidazole rings is 1. The van der Waals surface area contributed by atoms with E-state index in [9.17, 15) is 4.79 Å². The van der Waals surface area contributed by atoms with Crippen LogP contribution in [0.1, 0.15) is 33.9 Å². The minimum atomic E-state index is -0.949. The van der Waals surface area contributed by atoms with Crippen LogP contribution < -0.4 is 10.5 Å². The van der Waals surface area contributed by atoms with E-state index in [1.807, 2.05) is 80.9 Å². The number of alkyl halides is 1. The van der Waals surface area contributed by atoms with E-state index < -0.39 is 28.7 Å². The monoisotopic (exact) mass is 441 g/mol. The maximum absolute atomic E-state index is 11.3. The lowest BCUT2D eigenvalue weighted by Crippen LogP contribution is -2.48. The van der Waals surface area contributed by atoms with Crippen LogP contribution in [-0.2, 0) is 4.74 Å². The predicted octanol–water partition coefficient (Wildman–Crippen LogP) is 5.84. The summed E-state index contributed by atoms with van der Waals surface area (Å²) in [7, 11) is 0. The van der Waals surface area contributed by atoms with Gasteiger partial charge in [-0.15, -0.1) is 0 Å². The Hall–Kier alpha value is -2.99. The smallest absolute Gasteiger partial charge is 0.406 e. The van der Waals surface area contributed by atoms with Crippen LogP contribution in [-0.4, -0.2) is 21.2 Å². The highest BCUT2D eigenvalue weighted by molar-refractivity contribution is 6.20. The van der Waals surface area contributed by atoms with E-state index in [1.165, 1.54) is 0 Å². The minimum absolute atomic E-state index is 0.481. The molecule has 0 saturated carbocycles. The third kappa shape index (κ3) is 4.85. The fourth-order valence-electron chi connectivity index (χ4n) is 3.33. The number of halogens is 1. The summed E-state index contributed by atoms with van der Waals surface area (Å²) >= 11 is 6.45. The Morgan fingerprint density at radius 3 is 2.16 bits per heavy atom. The van der Waals surface area contributed by atoms with E-state index in [4.69, 9.17) is 26.8 Å². The second-order valence-corrected chi connectivity index (χ2v) is 8.96. The van der Waals surface area contributed by atoms with Crippen LogP contribution in [0.5, 0.6) is 5.75 Å². The van der Waals surface area contributed by atoms with Gasteiger partial charge in [-0.25, -0.2) is 9.78 Å². The maximum atomic E-state index is 11.3. The number of ether oxygens (including phenoxy) is 2. The number of carbonyl (C=O) groups excluding carboxylic acids is 1. The highest BCUT2D eigenvalue weighted by Crippen LogP contribution is 2.51. The van der Waals surface area contributed by atoms with Gasteiger partial charge in [-0.3, -0.25) is 0 Å². The SMILES string of the molecule is CC(C)(C(Cl)OC(N)=O)C(C)(C)C(Oc1ccc(-c2ccccc2)cc1)n1ccnc1. The van der Waals surface area contributed by atoms with E-state index in [-0.39, 0.29) is 0 Å². The highest BCUT2D eigenvalue weighted by Gasteiger charge is 2.51. The second-order valence-electron chi connectivity index (χ2n) is 8.57. The number of nitrogens with two attached hydrogens (primary N) is 1. The van der Waals surface area contributed by atoms with Crippen LogP contribution in [0.3, 0.4) is 0 Å². The molecular formula is C24H28ClN3O3. The summed E-state index contributed by atoms with van der Waals surface area (Å²) in [5, 5.41) is 0. The number of carbonyl (C=O) groups is 1. The lowest BCUT2D eigenvalue weighted by molar-refractivity contribution is -0.0967. The van der Waals surface area contributed by atoms with Gasteiger partial charge in [-0.1, -0.05) is 81.8 Å². The molecule has 7 heteroatoms. The van der Waals surface area contributed by atoms with Gasteiger partial charge >= 0.3 is 6.09 Å². The first-order valence-electron chi connectivity index (χ1n) is 10.0. The average molecular weight is 442 g/mol. The van der Waals surface area contributed by atoms with Crippen molar-refractivity contribution in [2.75, 3.05) is 0 Å². The van der Waals surface area contributed by atoms with Crippen molar-refractivity contribution in [2.45, 2.75) is 39.5 Å². The largest absolute Gasteiger partial charge is 0.470 e. The number of rotatable bonds is 8. The van der Waals surface area contributed by atoms with Crippen LogP contribution >= 0.6 is 11.6 Å². The number of nitrogens with zero attached hydrogens (tertiary/aromatic N) is 2. The van der Waals surface area contributed by atoms with Crippen molar-refractivity contribution in [1.29, 1.82) is 0 Å². The fourth-order valence-corrected chi connectivity index (χ4v) is 3.70. The summed E-state index contributed by atoms with van der Waals surface area (Å²) in [4.78, 5) is 15.5. The molecule has 2 unspecified atom stereocenters. The molecule has 31 heavy (non-hydrogen) atoms. The first-order chi connectivity index (χ1) is 14.6. The molecule has 1 aromatic heterocycles. The normalized spacial score (nSPS) is 14.0. The van der Waals surface area contributed by atoms with E-state index >= 15 is 0 Å². The third-order valence-electron chi connectivity index (χ3n) is 6.07. The zero-order chi connectivity index (χ0) is 22.6. The van der Waals surface area contributed by atoms with Crippen LogP contribution in [0.15, 0.2) is 73.3 Å². The molecule has 3 rings (SSSR count). The van der Waals surface area contributed by atoms with E-state index in [2.05, 4.69) is 17.1 Å². The van der Waals surface area contributed by atoms with Crippen molar-refractivity contribution in [3.63, 3.8) is 0 Å². The molecular weight excluding hydrogens is 414 g/mol. The van der Waals surface area contributed by atoms with Crippen molar-refractivity contribution in [1.82, 2.24) is 9.55 Å². The molecule has 1 heterocycles. The van der Waals surface area contributed by atoms with Gasteiger partial charge < -0.3 is 19.8 Å². The molecule has 0 radical (unpaired) electrons. The van der Waals surface area contributed by atoms with Gasteiger partial charge in [0.15, 0.2) is 11.8 Å². The first-order valence-corrected chi connectivity index (χ1v) is 10.5. The van der Waals surface area contributed by atoms with Gasteiger partial charge in [0.05, 0.1) is 6.33 Å². The summed E-state index contributed by atoms with van der Waals surface area (Å²) in [5.74, 6) is 0.698. The summed E-state index contributed by atoms with van der Waals surface area (Å²) < 4.78 is 13.4. The topological polar surface area (TPSA) is 79.4 Å². The van der Waals surface area contributed by atoms with Gasteiger partial charge in [-0.2, -0.15) is 0 Å². The van der Waals surface area contributed by atoms with Gasteiger partial charge in [-0.05, 0) is 23.3 Å². The molecule has 0 aliphatic heterocycles. The molecule has 0 fully saturated rings. The Balaban J connectivity index is 1.90. The molecule has 0 bridgehead atoms. The molecule has 164 valence electrons. The van der Waals surface area contributed by atoms with E-state index in [0.29, 0.717) is 5.75 Å². The summed E-state index contributed by atoms with van der Waals surface area (Å²) in [6.07, 6.45) is 3.82. The third-order valence-corrected chi connectivity index (χ3v) is 6.70. The van der Waals surface area contributed by atoms with Crippen LogP contribution in [0.25, 0.3) is 11.1 Å². The Morgan fingerprint density at radius 2 is 1.61 bits per heavy atom. The molecule has 2 aromatic carbocycles. The number of primary amides is 1. The maximum Gasteiger partial charge on any atom is 0.406 e. The molecule has 1 amide bonds. The quantitative estimate of drug-likeness (QED) is 0.445. The minimum Gasteiger partial charge on any atom is -0.470 e. The van der Waals surface area contributed by atoms with Gasteiger partial charge in [0.2, 0.25) is 0 Å². The molecule has 6 nitrogen and oxygen atoms in total. The van der Waals surface area contributed by atoms with Crippen molar-refractivity contribution in [3.05, 3.63) is 73.3 Å². The predicted molar refractivity (Wildman–Crippen MR) is 122 cm³/mol. The average Bonchev–Trinajstić information content (AvgIpc) is 3.26. The second kappa shape index (κ2) is 9.02. The van der Waals surface area contributed by atoms with Gasteiger partial charge in [0.25, 0.3) is 0 Å². The van der Waals surface area contributed by atoms with E-state index in [0.717, 1.165) is 11.1 Å². The molecule has 0 spiro atoms. The number of amides is 1. The Kier molecular flexibility index (Phi) is 6.60. The van der Waals surface area contributed by atoms with E-state index in [1.54, 1.807) is 12.5 Å². The van der Waals surface area contributed by atoms with Crippen molar-refractivity contribution in [2.24, 2.45) is 16.6 Å². The molecule has 3 aromatic rings. The standard InChI is InChI=1S/C24H28ClN3O3/c1-23(2,20(25)31-22(26)29)24(3,4)21(28-15-14-27-16-28)30-19-12-10-18(11-13-19)17-8-6-5-7-9-17/h5-16,20-21H,1-4H3,(H2,26,29). The zero-order valence-electron chi connectivity index (χ0n) is 18.2. The van der Waals surface area contributed by atoms with Crippen LogP contribution in [0.2, 0.25) is 0 Å². The number of hydrogen-bond acceptors (Lipinski definition) is 4. The van der Waals surface area contributed by atoms with Gasteiger partial charge in [0, 0.05) is 23.2 Å². The molecule has 2 N–H and O–H groups in total. The Bertz CT molecular complexity index is 987. The summed E-state index contributed by atoms with van der Waals surface area (Å²) in [5.41, 5.74) is 5.17. The molecule has 0 aliphatic rings. The summed E-state index contributed by atoms with van der Waals surface area (Å²) in [6, 6.07) is 18.1. The van der Waals surface area contributed by atoms with Crippen molar-refractivity contribution in [3.8, 4) is 16.9 Å². The lowest BCUT2D eigenvalue weighted by Gasteiger charge is -2.47. The number of hydrogen-bond donors (Lipinski definition) is 1. The Labute approximate surface area is 188 Å². The summed E-state index contributed by atoms with van der Waals surface area (Å²) in [6.45, 7) is 7.85. The van der Waals surface area contributed by atoms with Crippen molar-refractivity contribution >= 4 is 17.7 Å². The van der Waals surface area contributed by atoms with Crippen LogP contribution in [0.4, 0.5) is 4.79 Å². The molecule has 2 atom stereocenters. The lowest BCUT2D eigenvalue weighted by atomic mass is 9.66. The first kappa shape index (κ1) is 22.7. The number of benzene rings is 2. The number of aromatic nitrogens is 2. The van der Waals surface area contributed by atoms with Gasteiger partial charge in [0.1, 0.15) is 5.75 Å². The molecule has 0 saturated heterocycles. The fraction of sp³-hybridized carbons (Fsp3) is 0.333.